The highest BCUT2D eigenvalue weighted by atomic mass is 35.5. The summed E-state index contributed by atoms with van der Waals surface area (Å²) in [6, 6.07) is 2.22. The van der Waals surface area contributed by atoms with Crippen molar-refractivity contribution < 1.29 is 4.79 Å². The normalized spacial score (nSPS) is 17.4. The van der Waals surface area contributed by atoms with Crippen LogP contribution in [-0.2, 0) is 0 Å². The average molecular weight is 310 g/mol. The number of carbonyl (C=O) groups excluding carboxylic acids is 1. The molecule has 1 aromatic rings. The van der Waals surface area contributed by atoms with Crippen LogP contribution in [0.4, 0.5) is 0 Å². The number of pyridine rings is 1. The first-order valence-electron chi connectivity index (χ1n) is 7.84. The third-order valence-electron chi connectivity index (χ3n) is 4.16. The van der Waals surface area contributed by atoms with E-state index in [9.17, 15) is 4.79 Å². The number of aromatic nitrogens is 1. The molecule has 0 aromatic carbocycles. The second kappa shape index (κ2) is 8.35. The first-order valence-corrected chi connectivity index (χ1v) is 8.22. The van der Waals surface area contributed by atoms with Gasteiger partial charge in [0.2, 0.25) is 0 Å². The summed E-state index contributed by atoms with van der Waals surface area (Å²) in [5, 5.41) is 3.37. The molecule has 21 heavy (non-hydrogen) atoms. The molecule has 1 aliphatic heterocycles. The van der Waals surface area contributed by atoms with E-state index < -0.39 is 0 Å². The summed E-state index contributed by atoms with van der Waals surface area (Å²) in [7, 11) is 0. The number of nitrogens with zero attached hydrogens (tertiary/aromatic N) is 2. The minimum Gasteiger partial charge on any atom is -0.352 e. The van der Waals surface area contributed by atoms with Crippen molar-refractivity contribution in [3.05, 3.63) is 29.0 Å². The molecule has 1 amide bonds. The lowest BCUT2D eigenvalue weighted by atomic mass is 10.0. The number of hydrogen-bond donors (Lipinski definition) is 1. The largest absolute Gasteiger partial charge is 0.352 e. The van der Waals surface area contributed by atoms with E-state index >= 15 is 0 Å². The van der Waals surface area contributed by atoms with E-state index in [0.717, 1.165) is 12.8 Å². The van der Waals surface area contributed by atoms with E-state index in [4.69, 9.17) is 11.6 Å². The van der Waals surface area contributed by atoms with E-state index in [0.29, 0.717) is 23.2 Å². The Hall–Kier alpha value is -1.13. The summed E-state index contributed by atoms with van der Waals surface area (Å²) >= 11 is 5.98. The SMILES string of the molecule is CCC(CCNC(=O)c1ccncc1Cl)N1CCCCC1. The van der Waals surface area contributed by atoms with Crippen LogP contribution in [0.2, 0.25) is 5.02 Å². The fourth-order valence-corrected chi connectivity index (χ4v) is 3.14. The van der Waals surface area contributed by atoms with E-state index in [1.54, 1.807) is 12.3 Å². The standard InChI is InChI=1S/C16H24ClN3O/c1-2-13(20-10-4-3-5-11-20)6-9-19-16(21)14-7-8-18-12-15(14)17/h7-8,12-13H,2-6,9-11H2,1H3,(H,19,21). The van der Waals surface area contributed by atoms with Crippen molar-refractivity contribution in [1.29, 1.82) is 0 Å². The Morgan fingerprint density at radius 1 is 1.43 bits per heavy atom. The summed E-state index contributed by atoms with van der Waals surface area (Å²) in [5.74, 6) is -0.115. The number of hydrogen-bond acceptors (Lipinski definition) is 3. The molecule has 0 spiro atoms. The highest BCUT2D eigenvalue weighted by Crippen LogP contribution is 2.16. The molecule has 0 radical (unpaired) electrons. The van der Waals surface area contributed by atoms with Crippen LogP contribution in [0.15, 0.2) is 18.5 Å². The van der Waals surface area contributed by atoms with Gasteiger partial charge in [0.15, 0.2) is 0 Å². The van der Waals surface area contributed by atoms with Gasteiger partial charge in [-0.15, -0.1) is 0 Å². The molecule has 1 aliphatic rings. The number of amides is 1. The molecule has 0 saturated carbocycles. The molecule has 2 rings (SSSR count). The van der Waals surface area contributed by atoms with E-state index in [-0.39, 0.29) is 5.91 Å². The topological polar surface area (TPSA) is 45.2 Å². The number of piperidine rings is 1. The third-order valence-corrected chi connectivity index (χ3v) is 4.46. The lowest BCUT2D eigenvalue weighted by Crippen LogP contribution is -2.41. The van der Waals surface area contributed by atoms with Crippen molar-refractivity contribution in [2.45, 2.75) is 45.1 Å². The number of nitrogens with one attached hydrogen (secondary N) is 1. The Morgan fingerprint density at radius 3 is 2.86 bits per heavy atom. The fourth-order valence-electron chi connectivity index (χ4n) is 2.94. The molecule has 5 heteroatoms. The average Bonchev–Trinajstić information content (AvgIpc) is 2.52. The lowest BCUT2D eigenvalue weighted by molar-refractivity contribution is 0.0943. The maximum atomic E-state index is 12.1. The Bertz CT molecular complexity index is 461. The highest BCUT2D eigenvalue weighted by Gasteiger charge is 2.19. The summed E-state index contributed by atoms with van der Waals surface area (Å²) in [4.78, 5) is 18.5. The van der Waals surface area contributed by atoms with Gasteiger partial charge in [-0.2, -0.15) is 0 Å². The Kier molecular flexibility index (Phi) is 6.46. The molecule has 4 nitrogen and oxygen atoms in total. The number of carbonyl (C=O) groups is 1. The fraction of sp³-hybridized carbons (Fsp3) is 0.625. The summed E-state index contributed by atoms with van der Waals surface area (Å²) in [6.07, 6.45) is 9.16. The summed E-state index contributed by atoms with van der Waals surface area (Å²) in [5.41, 5.74) is 0.498. The maximum absolute atomic E-state index is 12.1. The predicted molar refractivity (Wildman–Crippen MR) is 85.7 cm³/mol. The molecule has 1 aromatic heterocycles. The van der Waals surface area contributed by atoms with Crippen LogP contribution >= 0.6 is 11.6 Å². The van der Waals surface area contributed by atoms with E-state index in [2.05, 4.69) is 22.1 Å². The third kappa shape index (κ3) is 4.68. The van der Waals surface area contributed by atoms with Gasteiger partial charge in [0.25, 0.3) is 5.91 Å². The van der Waals surface area contributed by atoms with Crippen LogP contribution in [-0.4, -0.2) is 41.5 Å². The van der Waals surface area contributed by atoms with Gasteiger partial charge >= 0.3 is 0 Å². The quantitative estimate of drug-likeness (QED) is 0.878. The molecule has 0 aliphatic carbocycles. The molecule has 1 atom stereocenters. The van der Waals surface area contributed by atoms with Gasteiger partial charge in [-0.05, 0) is 44.8 Å². The summed E-state index contributed by atoms with van der Waals surface area (Å²) in [6.45, 7) is 5.30. The van der Waals surface area contributed by atoms with Gasteiger partial charge in [-0.3, -0.25) is 9.78 Å². The molecular weight excluding hydrogens is 286 g/mol. The first kappa shape index (κ1) is 16.2. The van der Waals surface area contributed by atoms with Crippen LogP contribution in [0, 0.1) is 0 Å². The number of halogens is 1. The van der Waals surface area contributed by atoms with Crippen molar-refractivity contribution in [2.75, 3.05) is 19.6 Å². The van der Waals surface area contributed by atoms with Crippen molar-refractivity contribution in [3.8, 4) is 0 Å². The van der Waals surface area contributed by atoms with Crippen LogP contribution in [0.1, 0.15) is 49.4 Å². The molecule has 1 unspecified atom stereocenters. The van der Waals surface area contributed by atoms with Gasteiger partial charge in [-0.25, -0.2) is 0 Å². The van der Waals surface area contributed by atoms with Gasteiger partial charge in [0, 0.05) is 25.0 Å². The first-order chi connectivity index (χ1) is 10.2. The van der Waals surface area contributed by atoms with E-state index in [1.807, 2.05) is 0 Å². The van der Waals surface area contributed by atoms with Gasteiger partial charge in [0.1, 0.15) is 0 Å². The van der Waals surface area contributed by atoms with Gasteiger partial charge in [0.05, 0.1) is 10.6 Å². The molecule has 1 saturated heterocycles. The van der Waals surface area contributed by atoms with Gasteiger partial charge in [-0.1, -0.05) is 24.9 Å². The zero-order chi connectivity index (χ0) is 15.1. The Labute approximate surface area is 131 Å². The zero-order valence-electron chi connectivity index (χ0n) is 12.6. The minimum atomic E-state index is -0.115. The molecular formula is C16H24ClN3O. The number of rotatable bonds is 6. The summed E-state index contributed by atoms with van der Waals surface area (Å²) < 4.78 is 0. The molecule has 2 heterocycles. The van der Waals surface area contributed by atoms with Crippen LogP contribution in [0.25, 0.3) is 0 Å². The zero-order valence-corrected chi connectivity index (χ0v) is 13.4. The van der Waals surface area contributed by atoms with Crippen molar-refractivity contribution in [1.82, 2.24) is 15.2 Å². The van der Waals surface area contributed by atoms with Crippen LogP contribution in [0.5, 0.6) is 0 Å². The Balaban J connectivity index is 1.79. The minimum absolute atomic E-state index is 0.115. The second-order valence-corrected chi connectivity index (χ2v) is 5.97. The number of likely N-dealkylation sites (tertiary alicyclic amines) is 1. The van der Waals surface area contributed by atoms with Crippen LogP contribution in [0.3, 0.4) is 0 Å². The second-order valence-electron chi connectivity index (χ2n) is 5.56. The Morgan fingerprint density at radius 2 is 2.19 bits per heavy atom. The van der Waals surface area contributed by atoms with Crippen molar-refractivity contribution in [2.24, 2.45) is 0 Å². The maximum Gasteiger partial charge on any atom is 0.252 e. The van der Waals surface area contributed by atoms with Gasteiger partial charge < -0.3 is 10.2 Å². The van der Waals surface area contributed by atoms with Crippen LogP contribution < -0.4 is 5.32 Å². The monoisotopic (exact) mass is 309 g/mol. The van der Waals surface area contributed by atoms with E-state index in [1.165, 1.54) is 38.5 Å². The lowest BCUT2D eigenvalue weighted by Gasteiger charge is -2.34. The predicted octanol–water partition coefficient (Wildman–Crippen LogP) is 3.12. The van der Waals surface area contributed by atoms with Crippen molar-refractivity contribution in [3.63, 3.8) is 0 Å². The molecule has 0 bridgehead atoms. The highest BCUT2D eigenvalue weighted by molar-refractivity contribution is 6.33. The molecule has 1 N–H and O–H groups in total. The molecule has 116 valence electrons. The molecule has 1 fully saturated rings. The smallest absolute Gasteiger partial charge is 0.252 e. The van der Waals surface area contributed by atoms with Crippen molar-refractivity contribution >= 4 is 17.5 Å².